The Labute approximate surface area is 126 Å². The van der Waals surface area contributed by atoms with Crippen molar-refractivity contribution in [3.63, 3.8) is 0 Å². The van der Waals surface area contributed by atoms with E-state index < -0.39 is 0 Å². The van der Waals surface area contributed by atoms with Gasteiger partial charge in [0.2, 0.25) is 0 Å². The van der Waals surface area contributed by atoms with Gasteiger partial charge in [-0.2, -0.15) is 0 Å². The summed E-state index contributed by atoms with van der Waals surface area (Å²) < 4.78 is 5.76. The minimum absolute atomic E-state index is 0.392. The summed E-state index contributed by atoms with van der Waals surface area (Å²) in [5.74, 6) is 1.46. The zero-order valence-electron chi connectivity index (χ0n) is 13.0. The molecule has 1 aromatic carbocycles. The van der Waals surface area contributed by atoms with Crippen molar-refractivity contribution in [3.05, 3.63) is 47.8 Å². The smallest absolute Gasteiger partial charge is 0.321 e. The molecule has 0 spiro atoms. The average molecular weight is 285 g/mol. The van der Waals surface area contributed by atoms with Crippen molar-refractivity contribution in [1.29, 1.82) is 0 Å². The number of aryl methyl sites for hydroxylation is 1. The molecule has 1 aromatic heterocycles. The van der Waals surface area contributed by atoms with Crippen molar-refractivity contribution in [2.75, 3.05) is 6.54 Å². The second kappa shape index (κ2) is 7.74. The number of nitrogens with one attached hydrogen (secondary N) is 1. The fourth-order valence-corrected chi connectivity index (χ4v) is 1.99. The molecule has 0 radical (unpaired) electrons. The summed E-state index contributed by atoms with van der Waals surface area (Å²) in [4.78, 5) is 8.55. The standard InChI is InChI=1S/C17H23N3O/c1-4-15-7-5-6-8-16(15)21-17-19-11-14(12-20-17)10-18-9-13(2)3/h5-8,11-13,18H,4,9-10H2,1-3H3. The van der Waals surface area contributed by atoms with Crippen molar-refractivity contribution < 1.29 is 4.74 Å². The number of para-hydroxylation sites is 1. The molecule has 21 heavy (non-hydrogen) atoms. The molecule has 0 fully saturated rings. The molecule has 1 N–H and O–H groups in total. The van der Waals surface area contributed by atoms with Crippen LogP contribution in [0.15, 0.2) is 36.7 Å². The Morgan fingerprint density at radius 1 is 1.14 bits per heavy atom. The highest BCUT2D eigenvalue weighted by Crippen LogP contribution is 2.22. The zero-order valence-corrected chi connectivity index (χ0v) is 13.0. The topological polar surface area (TPSA) is 47.0 Å². The van der Waals surface area contributed by atoms with Crippen LogP contribution in [0.5, 0.6) is 11.8 Å². The first kappa shape index (κ1) is 15.4. The Morgan fingerprint density at radius 2 is 1.86 bits per heavy atom. The van der Waals surface area contributed by atoms with E-state index in [0.29, 0.717) is 11.9 Å². The van der Waals surface area contributed by atoms with Crippen LogP contribution in [0.25, 0.3) is 0 Å². The largest absolute Gasteiger partial charge is 0.424 e. The van der Waals surface area contributed by atoms with Crippen LogP contribution in [-0.2, 0) is 13.0 Å². The van der Waals surface area contributed by atoms with Gasteiger partial charge >= 0.3 is 6.01 Å². The van der Waals surface area contributed by atoms with Gasteiger partial charge in [0.25, 0.3) is 0 Å². The summed E-state index contributed by atoms with van der Waals surface area (Å²) in [6.45, 7) is 8.25. The van der Waals surface area contributed by atoms with Crippen molar-refractivity contribution in [2.45, 2.75) is 33.7 Å². The van der Waals surface area contributed by atoms with Crippen molar-refractivity contribution in [3.8, 4) is 11.8 Å². The molecule has 0 saturated heterocycles. The number of hydrogen-bond donors (Lipinski definition) is 1. The number of nitrogens with zero attached hydrogens (tertiary/aromatic N) is 2. The maximum Gasteiger partial charge on any atom is 0.321 e. The van der Waals surface area contributed by atoms with Crippen LogP contribution in [0.2, 0.25) is 0 Å². The Bertz CT molecular complexity index is 552. The molecule has 2 aromatic rings. The third-order valence-corrected chi connectivity index (χ3v) is 3.12. The number of hydrogen-bond acceptors (Lipinski definition) is 4. The van der Waals surface area contributed by atoms with Gasteiger partial charge in [-0.1, -0.05) is 39.0 Å². The van der Waals surface area contributed by atoms with E-state index in [0.717, 1.165) is 36.4 Å². The Hall–Kier alpha value is -1.94. The molecule has 2 rings (SSSR count). The molecular weight excluding hydrogens is 262 g/mol. The van der Waals surface area contributed by atoms with Crippen LogP contribution < -0.4 is 10.1 Å². The lowest BCUT2D eigenvalue weighted by Gasteiger charge is -2.09. The molecule has 4 nitrogen and oxygen atoms in total. The van der Waals surface area contributed by atoms with E-state index in [1.807, 2.05) is 30.6 Å². The van der Waals surface area contributed by atoms with E-state index in [2.05, 4.69) is 42.1 Å². The van der Waals surface area contributed by atoms with Crippen LogP contribution in [0.3, 0.4) is 0 Å². The highest BCUT2D eigenvalue weighted by Gasteiger charge is 2.05. The second-order valence-corrected chi connectivity index (χ2v) is 5.46. The maximum absolute atomic E-state index is 5.76. The first-order chi connectivity index (χ1) is 10.2. The van der Waals surface area contributed by atoms with Gasteiger partial charge in [-0.15, -0.1) is 0 Å². The first-order valence-electron chi connectivity index (χ1n) is 7.46. The van der Waals surface area contributed by atoms with Crippen LogP contribution in [0.4, 0.5) is 0 Å². The van der Waals surface area contributed by atoms with Crippen LogP contribution in [-0.4, -0.2) is 16.5 Å². The van der Waals surface area contributed by atoms with Crippen LogP contribution in [0.1, 0.15) is 31.9 Å². The molecule has 1 heterocycles. The minimum atomic E-state index is 0.392. The summed E-state index contributed by atoms with van der Waals surface area (Å²) in [6.07, 6.45) is 4.54. The summed E-state index contributed by atoms with van der Waals surface area (Å²) in [7, 11) is 0. The molecule has 0 unspecified atom stereocenters. The van der Waals surface area contributed by atoms with Crippen molar-refractivity contribution in [1.82, 2.24) is 15.3 Å². The molecule has 0 saturated carbocycles. The lowest BCUT2D eigenvalue weighted by molar-refractivity contribution is 0.435. The number of aromatic nitrogens is 2. The molecule has 0 bridgehead atoms. The normalized spacial score (nSPS) is 10.9. The van der Waals surface area contributed by atoms with Gasteiger partial charge in [0.1, 0.15) is 5.75 Å². The summed E-state index contributed by atoms with van der Waals surface area (Å²) in [5, 5.41) is 3.37. The minimum Gasteiger partial charge on any atom is -0.424 e. The summed E-state index contributed by atoms with van der Waals surface area (Å²) in [6, 6.07) is 8.36. The van der Waals surface area contributed by atoms with E-state index in [1.54, 1.807) is 0 Å². The van der Waals surface area contributed by atoms with Crippen molar-refractivity contribution in [2.24, 2.45) is 5.92 Å². The van der Waals surface area contributed by atoms with Gasteiger partial charge in [-0.05, 0) is 30.5 Å². The van der Waals surface area contributed by atoms with Gasteiger partial charge in [-0.3, -0.25) is 0 Å². The summed E-state index contributed by atoms with van der Waals surface area (Å²) >= 11 is 0. The molecule has 0 aliphatic rings. The molecule has 0 atom stereocenters. The number of rotatable bonds is 7. The van der Waals surface area contributed by atoms with E-state index in [4.69, 9.17) is 4.74 Å². The fourth-order valence-electron chi connectivity index (χ4n) is 1.99. The fraction of sp³-hybridized carbons (Fsp3) is 0.412. The van der Waals surface area contributed by atoms with Crippen molar-refractivity contribution >= 4 is 0 Å². The predicted octanol–water partition coefficient (Wildman–Crippen LogP) is 3.58. The summed E-state index contributed by atoms with van der Waals surface area (Å²) in [5.41, 5.74) is 2.22. The predicted molar refractivity (Wildman–Crippen MR) is 84.5 cm³/mol. The van der Waals surface area contributed by atoms with Gasteiger partial charge in [0.05, 0.1) is 0 Å². The van der Waals surface area contributed by atoms with Gasteiger partial charge in [0.15, 0.2) is 0 Å². The number of benzene rings is 1. The molecule has 112 valence electrons. The van der Waals surface area contributed by atoms with E-state index in [-0.39, 0.29) is 0 Å². The Balaban J connectivity index is 1.96. The zero-order chi connectivity index (χ0) is 15.1. The third kappa shape index (κ3) is 4.83. The van der Waals surface area contributed by atoms with E-state index in [1.165, 1.54) is 0 Å². The van der Waals surface area contributed by atoms with Gasteiger partial charge < -0.3 is 10.1 Å². The molecule has 0 aliphatic heterocycles. The highest BCUT2D eigenvalue weighted by atomic mass is 16.5. The Morgan fingerprint density at radius 3 is 2.52 bits per heavy atom. The van der Waals surface area contributed by atoms with Crippen LogP contribution >= 0.6 is 0 Å². The van der Waals surface area contributed by atoms with E-state index in [9.17, 15) is 0 Å². The SMILES string of the molecule is CCc1ccccc1Oc1ncc(CNCC(C)C)cn1. The Kier molecular flexibility index (Phi) is 5.69. The molecule has 4 heteroatoms. The second-order valence-electron chi connectivity index (χ2n) is 5.46. The lowest BCUT2D eigenvalue weighted by atomic mass is 10.1. The first-order valence-corrected chi connectivity index (χ1v) is 7.46. The monoisotopic (exact) mass is 285 g/mol. The quantitative estimate of drug-likeness (QED) is 0.844. The van der Waals surface area contributed by atoms with E-state index >= 15 is 0 Å². The highest BCUT2D eigenvalue weighted by molar-refractivity contribution is 5.35. The molecular formula is C17H23N3O. The molecule has 0 amide bonds. The van der Waals surface area contributed by atoms with Gasteiger partial charge in [-0.25, -0.2) is 9.97 Å². The molecule has 0 aliphatic carbocycles. The average Bonchev–Trinajstić information content (AvgIpc) is 2.49. The van der Waals surface area contributed by atoms with Gasteiger partial charge in [0, 0.05) is 24.5 Å². The third-order valence-electron chi connectivity index (χ3n) is 3.12. The van der Waals surface area contributed by atoms with Crippen LogP contribution in [0, 0.1) is 5.92 Å². The lowest BCUT2D eigenvalue weighted by Crippen LogP contribution is -2.19. The maximum atomic E-state index is 5.76. The number of ether oxygens (including phenoxy) is 1.